The highest BCUT2D eigenvalue weighted by atomic mass is 16.3. The van der Waals surface area contributed by atoms with E-state index in [1.54, 1.807) is 0 Å². The molecule has 0 aromatic heterocycles. The van der Waals surface area contributed by atoms with E-state index in [0.717, 1.165) is 18.8 Å². The lowest BCUT2D eigenvalue weighted by Crippen LogP contribution is -2.47. The maximum absolute atomic E-state index is 12.2. The monoisotopic (exact) mass is 240 g/mol. The molecule has 17 heavy (non-hydrogen) atoms. The first-order chi connectivity index (χ1) is 8.08. The summed E-state index contributed by atoms with van der Waals surface area (Å²) >= 11 is 0. The summed E-state index contributed by atoms with van der Waals surface area (Å²) in [4.78, 5) is 14.1. The van der Waals surface area contributed by atoms with Crippen molar-refractivity contribution in [2.45, 2.75) is 57.2 Å². The molecule has 0 radical (unpaired) electrons. The number of hydrogen-bond donors (Lipinski definition) is 2. The van der Waals surface area contributed by atoms with Crippen molar-refractivity contribution in [1.82, 2.24) is 10.2 Å². The van der Waals surface area contributed by atoms with Gasteiger partial charge in [0, 0.05) is 19.6 Å². The predicted octanol–water partition coefficient (Wildman–Crippen LogP) is 0.746. The summed E-state index contributed by atoms with van der Waals surface area (Å²) in [5, 5.41) is 12.5. The zero-order chi connectivity index (χ0) is 12.4. The van der Waals surface area contributed by atoms with Crippen LogP contribution in [0.3, 0.4) is 0 Å². The Bertz CT molecular complexity index is 275. The molecule has 0 bridgehead atoms. The van der Waals surface area contributed by atoms with Gasteiger partial charge < -0.3 is 15.3 Å². The van der Waals surface area contributed by atoms with Crippen LogP contribution in [0.5, 0.6) is 0 Å². The minimum absolute atomic E-state index is 0.154. The number of amides is 1. The highest BCUT2D eigenvalue weighted by molar-refractivity contribution is 5.82. The largest absolute Gasteiger partial charge is 0.392 e. The normalized spacial score (nSPS) is 38.1. The summed E-state index contributed by atoms with van der Waals surface area (Å²) in [6.07, 6.45) is 4.90. The Kier molecular flexibility index (Phi) is 4.05. The van der Waals surface area contributed by atoms with E-state index in [1.165, 1.54) is 12.8 Å². The van der Waals surface area contributed by atoms with Gasteiger partial charge in [-0.05, 0) is 38.0 Å². The average molecular weight is 240 g/mol. The van der Waals surface area contributed by atoms with Gasteiger partial charge in [0.25, 0.3) is 0 Å². The Hall–Kier alpha value is -0.610. The molecule has 1 saturated heterocycles. The summed E-state index contributed by atoms with van der Waals surface area (Å²) in [6, 6.07) is 0.229. The zero-order valence-electron chi connectivity index (χ0n) is 10.9. The summed E-state index contributed by atoms with van der Waals surface area (Å²) in [7, 11) is 1.91. The number of nitrogens with zero attached hydrogens (tertiary/aromatic N) is 1. The predicted molar refractivity (Wildman–Crippen MR) is 66.6 cm³/mol. The second kappa shape index (κ2) is 5.36. The van der Waals surface area contributed by atoms with Gasteiger partial charge in [-0.3, -0.25) is 4.79 Å². The SMILES string of the molecule is CC1CCC(N(C)C(=O)C2CC(O)CN2)CC1. The number of rotatable bonds is 2. The number of carbonyl (C=O) groups is 1. The number of carbonyl (C=O) groups excluding carboxylic acids is 1. The van der Waals surface area contributed by atoms with Gasteiger partial charge in [-0.2, -0.15) is 0 Å². The first kappa shape index (κ1) is 12.8. The van der Waals surface area contributed by atoms with Gasteiger partial charge in [-0.1, -0.05) is 6.92 Å². The molecule has 2 fully saturated rings. The van der Waals surface area contributed by atoms with Crippen LogP contribution in [-0.4, -0.2) is 47.7 Å². The zero-order valence-corrected chi connectivity index (χ0v) is 10.9. The molecule has 2 aliphatic rings. The first-order valence-electron chi connectivity index (χ1n) is 6.76. The molecule has 0 spiro atoms. The molecule has 2 N–H and O–H groups in total. The van der Waals surface area contributed by atoms with Crippen molar-refractivity contribution in [2.24, 2.45) is 5.92 Å². The average Bonchev–Trinajstić information content (AvgIpc) is 2.75. The van der Waals surface area contributed by atoms with E-state index in [9.17, 15) is 9.90 Å². The van der Waals surface area contributed by atoms with Gasteiger partial charge in [0.2, 0.25) is 5.91 Å². The Balaban J connectivity index is 1.86. The maximum Gasteiger partial charge on any atom is 0.239 e. The maximum atomic E-state index is 12.2. The van der Waals surface area contributed by atoms with Crippen LogP contribution in [0.25, 0.3) is 0 Å². The number of likely N-dealkylation sites (N-methyl/N-ethyl adjacent to an activating group) is 1. The van der Waals surface area contributed by atoms with Gasteiger partial charge in [0.05, 0.1) is 12.1 Å². The van der Waals surface area contributed by atoms with E-state index in [-0.39, 0.29) is 18.1 Å². The fraction of sp³-hybridized carbons (Fsp3) is 0.923. The summed E-state index contributed by atoms with van der Waals surface area (Å²) < 4.78 is 0. The highest BCUT2D eigenvalue weighted by Crippen LogP contribution is 2.27. The van der Waals surface area contributed by atoms with E-state index >= 15 is 0 Å². The van der Waals surface area contributed by atoms with Crippen LogP contribution in [0.2, 0.25) is 0 Å². The lowest BCUT2D eigenvalue weighted by Gasteiger charge is -2.34. The smallest absolute Gasteiger partial charge is 0.239 e. The fourth-order valence-electron chi connectivity index (χ4n) is 2.96. The van der Waals surface area contributed by atoms with Crippen molar-refractivity contribution in [3.05, 3.63) is 0 Å². The molecule has 1 aliphatic heterocycles. The lowest BCUT2D eigenvalue weighted by atomic mass is 9.86. The molecule has 0 aromatic carbocycles. The van der Waals surface area contributed by atoms with Crippen LogP contribution < -0.4 is 5.32 Å². The molecule has 2 rings (SSSR count). The molecule has 0 aromatic rings. The number of hydrogen-bond acceptors (Lipinski definition) is 3. The lowest BCUT2D eigenvalue weighted by molar-refractivity contribution is -0.134. The van der Waals surface area contributed by atoms with Crippen molar-refractivity contribution >= 4 is 5.91 Å². The third kappa shape index (κ3) is 2.99. The van der Waals surface area contributed by atoms with Crippen LogP contribution in [0.1, 0.15) is 39.0 Å². The third-order valence-corrected chi connectivity index (χ3v) is 4.29. The van der Waals surface area contributed by atoms with Gasteiger partial charge in [-0.25, -0.2) is 0 Å². The van der Waals surface area contributed by atoms with Gasteiger partial charge in [-0.15, -0.1) is 0 Å². The van der Waals surface area contributed by atoms with Crippen molar-refractivity contribution in [3.8, 4) is 0 Å². The highest BCUT2D eigenvalue weighted by Gasteiger charge is 2.33. The molecule has 2 atom stereocenters. The molecule has 1 heterocycles. The summed E-state index contributed by atoms with van der Waals surface area (Å²) in [6.45, 7) is 2.83. The van der Waals surface area contributed by atoms with Crippen LogP contribution in [-0.2, 0) is 4.79 Å². The number of nitrogens with one attached hydrogen (secondary N) is 1. The minimum Gasteiger partial charge on any atom is -0.392 e. The van der Waals surface area contributed by atoms with Crippen LogP contribution in [0.4, 0.5) is 0 Å². The van der Waals surface area contributed by atoms with Crippen molar-refractivity contribution in [1.29, 1.82) is 0 Å². The molecular weight excluding hydrogens is 216 g/mol. The van der Waals surface area contributed by atoms with E-state index < -0.39 is 0 Å². The first-order valence-corrected chi connectivity index (χ1v) is 6.76. The number of aliphatic hydroxyl groups is 1. The van der Waals surface area contributed by atoms with Crippen LogP contribution in [0.15, 0.2) is 0 Å². The quantitative estimate of drug-likeness (QED) is 0.749. The van der Waals surface area contributed by atoms with Gasteiger partial charge >= 0.3 is 0 Å². The van der Waals surface area contributed by atoms with Gasteiger partial charge in [0.1, 0.15) is 0 Å². The molecule has 4 nitrogen and oxygen atoms in total. The molecule has 1 aliphatic carbocycles. The van der Waals surface area contributed by atoms with Crippen molar-refractivity contribution in [3.63, 3.8) is 0 Å². The number of β-amino-alcohol motifs (C(OH)–C–C–N with tert-alkyl or cyclic N) is 1. The fourth-order valence-corrected chi connectivity index (χ4v) is 2.96. The van der Waals surface area contributed by atoms with Gasteiger partial charge in [0.15, 0.2) is 0 Å². The topological polar surface area (TPSA) is 52.6 Å². The molecular formula is C13H24N2O2. The Morgan fingerprint density at radius 2 is 1.94 bits per heavy atom. The molecule has 1 saturated carbocycles. The third-order valence-electron chi connectivity index (χ3n) is 4.29. The summed E-state index contributed by atoms with van der Waals surface area (Å²) in [5.74, 6) is 0.960. The van der Waals surface area contributed by atoms with E-state index in [0.29, 0.717) is 19.0 Å². The number of aliphatic hydroxyl groups excluding tert-OH is 1. The molecule has 4 heteroatoms. The van der Waals surface area contributed by atoms with Crippen LogP contribution >= 0.6 is 0 Å². The second-order valence-corrected chi connectivity index (χ2v) is 5.71. The minimum atomic E-state index is -0.358. The molecule has 1 amide bonds. The van der Waals surface area contributed by atoms with Crippen LogP contribution in [0, 0.1) is 5.92 Å². The Morgan fingerprint density at radius 3 is 2.47 bits per heavy atom. The Labute approximate surface area is 103 Å². The van der Waals surface area contributed by atoms with E-state index in [1.807, 2.05) is 11.9 Å². The van der Waals surface area contributed by atoms with E-state index in [2.05, 4.69) is 12.2 Å². The van der Waals surface area contributed by atoms with Crippen molar-refractivity contribution < 1.29 is 9.90 Å². The Morgan fingerprint density at radius 1 is 1.29 bits per heavy atom. The van der Waals surface area contributed by atoms with E-state index in [4.69, 9.17) is 0 Å². The molecule has 98 valence electrons. The summed E-state index contributed by atoms with van der Waals surface area (Å²) in [5.41, 5.74) is 0. The molecule has 2 unspecified atom stereocenters. The van der Waals surface area contributed by atoms with Crippen molar-refractivity contribution in [2.75, 3.05) is 13.6 Å². The standard InChI is InChI=1S/C13H24N2O2/c1-9-3-5-10(6-4-9)15(2)13(17)12-7-11(16)8-14-12/h9-12,14,16H,3-8H2,1-2H3. The second-order valence-electron chi connectivity index (χ2n) is 5.71.